The molecule has 1 N–H and O–H groups in total. The fraction of sp³-hybridized carbons (Fsp3) is 0.318. The Hall–Kier alpha value is -2.64. The maximum absolute atomic E-state index is 13.5. The summed E-state index contributed by atoms with van der Waals surface area (Å²) >= 11 is 1.42. The lowest BCUT2D eigenvalue weighted by atomic mass is 10.0. The highest BCUT2D eigenvalue weighted by molar-refractivity contribution is 7.99. The van der Waals surface area contributed by atoms with Crippen LogP contribution in [0.25, 0.3) is 22.4 Å². The number of fused-ring (bicyclic) bond motifs is 3. The normalized spacial score (nSPS) is 12.3. The van der Waals surface area contributed by atoms with Gasteiger partial charge < -0.3 is 5.11 Å². The van der Waals surface area contributed by atoms with Gasteiger partial charge in [-0.2, -0.15) is 0 Å². The summed E-state index contributed by atoms with van der Waals surface area (Å²) in [5.74, 6) is 1.18. The van der Waals surface area contributed by atoms with Gasteiger partial charge in [-0.05, 0) is 43.5 Å². The molecule has 6 nitrogen and oxygen atoms in total. The Labute approximate surface area is 173 Å². The first-order valence-corrected chi connectivity index (χ1v) is 10.6. The average Bonchev–Trinajstić information content (AvgIpc) is 3.10. The minimum atomic E-state index is -0.842. The van der Waals surface area contributed by atoms with Crippen LogP contribution in [0.15, 0.2) is 58.5 Å². The second-order valence-corrected chi connectivity index (χ2v) is 9.03. The number of para-hydroxylation sites is 2. The summed E-state index contributed by atoms with van der Waals surface area (Å²) in [7, 11) is 0. The molecule has 0 unspecified atom stereocenters. The number of aliphatic hydroxyl groups is 1. The molecule has 150 valence electrons. The molecule has 0 aliphatic rings. The number of hydrogen-bond acceptors (Lipinski definition) is 5. The van der Waals surface area contributed by atoms with Gasteiger partial charge in [0, 0.05) is 5.75 Å². The van der Waals surface area contributed by atoms with Crippen molar-refractivity contribution in [3.8, 4) is 5.69 Å². The van der Waals surface area contributed by atoms with Crippen molar-refractivity contribution in [1.82, 2.24) is 19.2 Å². The van der Waals surface area contributed by atoms with Crippen LogP contribution in [-0.4, -0.2) is 35.6 Å². The molecule has 0 fully saturated rings. The molecule has 4 rings (SSSR count). The van der Waals surface area contributed by atoms with Crippen LogP contribution in [0.5, 0.6) is 0 Å². The third-order valence-corrected chi connectivity index (χ3v) is 6.12. The monoisotopic (exact) mass is 408 g/mol. The van der Waals surface area contributed by atoms with Crippen molar-refractivity contribution in [2.45, 2.75) is 44.4 Å². The number of rotatable bonds is 5. The highest BCUT2D eigenvalue weighted by atomic mass is 32.2. The van der Waals surface area contributed by atoms with Gasteiger partial charge in [-0.3, -0.25) is 9.20 Å². The molecule has 0 aliphatic carbocycles. The summed E-state index contributed by atoms with van der Waals surface area (Å²) in [6.07, 6.45) is 0. The van der Waals surface area contributed by atoms with E-state index in [1.165, 1.54) is 11.8 Å². The molecule has 0 atom stereocenters. The van der Waals surface area contributed by atoms with Crippen LogP contribution in [0.1, 0.15) is 39.2 Å². The molecular formula is C22H24N4O2S. The minimum absolute atomic E-state index is 0.118. The maximum atomic E-state index is 13.5. The first-order chi connectivity index (χ1) is 13.8. The standard InChI is InChI=1S/C22H24N4O2S/c1-14(2)15-9-5-7-11-17(15)25-19(27)16-10-6-8-12-18(16)26-20(25)23-24-21(26)29-13-22(3,4)28/h5-12,14,28H,13H2,1-4H3. The van der Waals surface area contributed by atoms with Gasteiger partial charge in [-0.25, -0.2) is 4.57 Å². The molecule has 0 radical (unpaired) electrons. The Kier molecular flexibility index (Phi) is 4.96. The number of aromatic nitrogens is 4. The van der Waals surface area contributed by atoms with Crippen LogP contribution >= 0.6 is 11.8 Å². The third-order valence-electron chi connectivity index (χ3n) is 4.75. The van der Waals surface area contributed by atoms with E-state index in [-0.39, 0.29) is 11.5 Å². The van der Waals surface area contributed by atoms with Crippen LogP contribution in [0.2, 0.25) is 0 Å². The Morgan fingerprint density at radius 2 is 1.76 bits per heavy atom. The van der Waals surface area contributed by atoms with E-state index in [1.807, 2.05) is 52.9 Å². The van der Waals surface area contributed by atoms with Gasteiger partial charge in [-0.15, -0.1) is 10.2 Å². The lowest BCUT2D eigenvalue weighted by Crippen LogP contribution is -2.23. The second-order valence-electron chi connectivity index (χ2n) is 8.09. The summed E-state index contributed by atoms with van der Waals surface area (Å²) in [6.45, 7) is 7.74. The highest BCUT2D eigenvalue weighted by Gasteiger charge is 2.21. The largest absolute Gasteiger partial charge is 0.390 e. The SMILES string of the molecule is CC(C)c1ccccc1-n1c(=O)c2ccccc2n2c(SCC(C)(C)O)nnc12. The summed E-state index contributed by atoms with van der Waals surface area (Å²) in [6, 6.07) is 15.4. The van der Waals surface area contributed by atoms with E-state index in [1.54, 1.807) is 18.4 Å². The van der Waals surface area contributed by atoms with Crippen LogP contribution < -0.4 is 5.56 Å². The van der Waals surface area contributed by atoms with Crippen molar-refractivity contribution >= 4 is 28.4 Å². The zero-order valence-corrected chi connectivity index (χ0v) is 17.8. The highest BCUT2D eigenvalue weighted by Crippen LogP contribution is 2.28. The molecule has 4 aromatic rings. The van der Waals surface area contributed by atoms with E-state index in [2.05, 4.69) is 24.0 Å². The molecule has 0 amide bonds. The van der Waals surface area contributed by atoms with E-state index < -0.39 is 5.60 Å². The molecule has 2 aromatic heterocycles. The summed E-state index contributed by atoms with van der Waals surface area (Å²) < 4.78 is 3.56. The van der Waals surface area contributed by atoms with Crippen molar-refractivity contribution in [3.05, 3.63) is 64.4 Å². The average molecular weight is 409 g/mol. The molecular weight excluding hydrogens is 384 g/mol. The molecule has 29 heavy (non-hydrogen) atoms. The smallest absolute Gasteiger partial charge is 0.267 e. The van der Waals surface area contributed by atoms with Crippen molar-refractivity contribution in [2.24, 2.45) is 0 Å². The van der Waals surface area contributed by atoms with Crippen molar-refractivity contribution in [2.75, 3.05) is 5.75 Å². The molecule has 0 spiro atoms. The topological polar surface area (TPSA) is 72.4 Å². The van der Waals surface area contributed by atoms with Gasteiger partial charge in [0.2, 0.25) is 5.78 Å². The number of thioether (sulfide) groups is 1. The Morgan fingerprint density at radius 1 is 1.07 bits per heavy atom. The van der Waals surface area contributed by atoms with Crippen LogP contribution in [-0.2, 0) is 0 Å². The Morgan fingerprint density at radius 3 is 2.48 bits per heavy atom. The fourth-order valence-corrected chi connectivity index (χ4v) is 4.30. The van der Waals surface area contributed by atoms with Gasteiger partial charge >= 0.3 is 0 Å². The van der Waals surface area contributed by atoms with Gasteiger partial charge in [0.25, 0.3) is 5.56 Å². The zero-order valence-electron chi connectivity index (χ0n) is 17.0. The maximum Gasteiger partial charge on any atom is 0.267 e. The van der Waals surface area contributed by atoms with Gasteiger partial charge in [-0.1, -0.05) is 55.9 Å². The number of hydrogen-bond donors (Lipinski definition) is 1. The van der Waals surface area contributed by atoms with Gasteiger partial charge in [0.15, 0.2) is 5.16 Å². The van der Waals surface area contributed by atoms with Crippen LogP contribution in [0.4, 0.5) is 0 Å². The van der Waals surface area contributed by atoms with Crippen molar-refractivity contribution < 1.29 is 5.11 Å². The van der Waals surface area contributed by atoms with Crippen molar-refractivity contribution in [1.29, 1.82) is 0 Å². The van der Waals surface area contributed by atoms with Crippen LogP contribution in [0.3, 0.4) is 0 Å². The van der Waals surface area contributed by atoms with Crippen LogP contribution in [0, 0.1) is 0 Å². The van der Waals surface area contributed by atoms with Gasteiger partial charge in [0.05, 0.1) is 22.2 Å². The van der Waals surface area contributed by atoms with E-state index in [4.69, 9.17) is 0 Å². The first kappa shape index (κ1) is 19.7. The molecule has 7 heteroatoms. The Bertz CT molecular complexity index is 1250. The number of benzene rings is 2. The molecule has 0 bridgehead atoms. The minimum Gasteiger partial charge on any atom is -0.390 e. The molecule has 0 aliphatic heterocycles. The lowest BCUT2D eigenvalue weighted by Gasteiger charge is -2.17. The van der Waals surface area contributed by atoms with E-state index >= 15 is 0 Å². The predicted molar refractivity (Wildman–Crippen MR) is 117 cm³/mol. The van der Waals surface area contributed by atoms with E-state index in [9.17, 15) is 9.90 Å². The first-order valence-electron chi connectivity index (χ1n) is 9.61. The van der Waals surface area contributed by atoms with E-state index in [0.717, 1.165) is 16.8 Å². The molecule has 0 saturated carbocycles. The summed E-state index contributed by atoms with van der Waals surface area (Å²) in [5, 5.41) is 20.1. The second kappa shape index (κ2) is 7.31. The van der Waals surface area contributed by atoms with E-state index in [0.29, 0.717) is 22.1 Å². The van der Waals surface area contributed by atoms with Gasteiger partial charge in [0.1, 0.15) is 0 Å². The quantitative estimate of drug-likeness (QED) is 0.505. The third kappa shape index (κ3) is 3.56. The fourth-order valence-electron chi connectivity index (χ4n) is 3.41. The molecule has 2 aromatic carbocycles. The van der Waals surface area contributed by atoms with Crippen molar-refractivity contribution in [3.63, 3.8) is 0 Å². The lowest BCUT2D eigenvalue weighted by molar-refractivity contribution is 0.107. The number of nitrogens with zero attached hydrogens (tertiary/aromatic N) is 4. The Balaban J connectivity index is 2.07. The molecule has 2 heterocycles. The predicted octanol–water partition coefficient (Wildman–Crippen LogP) is 4.02. The molecule has 0 saturated heterocycles. The summed E-state index contributed by atoms with van der Waals surface area (Å²) in [4.78, 5) is 13.5. The zero-order chi connectivity index (χ0) is 20.8. The summed E-state index contributed by atoms with van der Waals surface area (Å²) in [5.41, 5.74) is 1.68.